The number of hydrogen-bond acceptors (Lipinski definition) is 2. The Morgan fingerprint density at radius 3 is 2.73 bits per heavy atom. The van der Waals surface area contributed by atoms with Crippen LogP contribution in [0.2, 0.25) is 0 Å². The molecule has 1 N–H and O–H groups in total. The predicted molar refractivity (Wildman–Crippen MR) is 60.5 cm³/mol. The third-order valence-electron chi connectivity index (χ3n) is 2.15. The third-order valence-corrected chi connectivity index (χ3v) is 2.32. The molecule has 1 aromatic rings. The molecule has 82 valence electrons. The van der Waals surface area contributed by atoms with Gasteiger partial charge in [-0.3, -0.25) is 4.79 Å². The standard InChI is InChI=1S/C11H14ClNO2/c1-8-3-4-9(10(14)7-8)11(15)13(2)6-5-12/h3-4,7,14H,5-6H2,1-2H3. The van der Waals surface area contributed by atoms with E-state index < -0.39 is 0 Å². The zero-order valence-corrected chi connectivity index (χ0v) is 9.58. The SMILES string of the molecule is Cc1ccc(C(=O)N(C)CCCl)c(O)c1. The number of benzene rings is 1. The summed E-state index contributed by atoms with van der Waals surface area (Å²) in [6, 6.07) is 4.99. The zero-order chi connectivity index (χ0) is 11.4. The van der Waals surface area contributed by atoms with E-state index in [1.54, 1.807) is 25.2 Å². The maximum Gasteiger partial charge on any atom is 0.257 e. The lowest BCUT2D eigenvalue weighted by Gasteiger charge is -2.16. The van der Waals surface area contributed by atoms with Gasteiger partial charge in [0.15, 0.2) is 0 Å². The Hall–Kier alpha value is -1.22. The Balaban J connectivity index is 2.91. The summed E-state index contributed by atoms with van der Waals surface area (Å²) in [5, 5.41) is 9.60. The van der Waals surface area contributed by atoms with E-state index in [1.165, 1.54) is 4.90 Å². The lowest BCUT2D eigenvalue weighted by Crippen LogP contribution is -2.28. The highest BCUT2D eigenvalue weighted by Crippen LogP contribution is 2.19. The van der Waals surface area contributed by atoms with Gasteiger partial charge >= 0.3 is 0 Å². The van der Waals surface area contributed by atoms with Gasteiger partial charge in [0, 0.05) is 19.5 Å². The molecular weight excluding hydrogens is 214 g/mol. The summed E-state index contributed by atoms with van der Waals surface area (Å²) in [5.74, 6) is 0.184. The fourth-order valence-corrected chi connectivity index (χ4v) is 1.51. The molecule has 0 radical (unpaired) electrons. The lowest BCUT2D eigenvalue weighted by atomic mass is 10.1. The Kier molecular flexibility index (Phi) is 3.97. The molecule has 0 aromatic heterocycles. The second kappa shape index (κ2) is 5.03. The van der Waals surface area contributed by atoms with Gasteiger partial charge < -0.3 is 10.0 Å². The number of aromatic hydroxyl groups is 1. The van der Waals surface area contributed by atoms with Crippen molar-refractivity contribution in [3.8, 4) is 5.75 Å². The van der Waals surface area contributed by atoms with E-state index in [4.69, 9.17) is 11.6 Å². The van der Waals surface area contributed by atoms with E-state index in [2.05, 4.69) is 0 Å². The molecule has 0 aliphatic heterocycles. The summed E-state index contributed by atoms with van der Waals surface area (Å²) in [7, 11) is 1.66. The van der Waals surface area contributed by atoms with Crippen LogP contribution in [0.5, 0.6) is 5.75 Å². The largest absolute Gasteiger partial charge is 0.507 e. The van der Waals surface area contributed by atoms with Crippen molar-refractivity contribution in [3.05, 3.63) is 29.3 Å². The maximum atomic E-state index is 11.8. The fraction of sp³-hybridized carbons (Fsp3) is 0.364. The van der Waals surface area contributed by atoms with E-state index in [-0.39, 0.29) is 11.7 Å². The third kappa shape index (κ3) is 2.86. The van der Waals surface area contributed by atoms with Crippen LogP contribution in [0.25, 0.3) is 0 Å². The number of carbonyl (C=O) groups excluding carboxylic acids is 1. The summed E-state index contributed by atoms with van der Waals surface area (Å²) in [6.07, 6.45) is 0. The molecule has 0 heterocycles. The molecule has 0 saturated heterocycles. The minimum Gasteiger partial charge on any atom is -0.507 e. The van der Waals surface area contributed by atoms with Crippen LogP contribution in [0.1, 0.15) is 15.9 Å². The molecular formula is C11H14ClNO2. The number of hydrogen-bond donors (Lipinski definition) is 1. The van der Waals surface area contributed by atoms with Crippen molar-refractivity contribution in [1.82, 2.24) is 4.90 Å². The Labute approximate surface area is 94.3 Å². The van der Waals surface area contributed by atoms with Crippen LogP contribution in [0.15, 0.2) is 18.2 Å². The Morgan fingerprint density at radius 2 is 2.20 bits per heavy atom. The molecule has 1 amide bonds. The van der Waals surface area contributed by atoms with Gasteiger partial charge in [-0.15, -0.1) is 11.6 Å². The average Bonchev–Trinajstić information content (AvgIpc) is 2.17. The van der Waals surface area contributed by atoms with Crippen molar-refractivity contribution in [1.29, 1.82) is 0 Å². The average molecular weight is 228 g/mol. The van der Waals surface area contributed by atoms with Crippen molar-refractivity contribution in [3.63, 3.8) is 0 Å². The van der Waals surface area contributed by atoms with Gasteiger partial charge in [0.25, 0.3) is 5.91 Å². The number of nitrogens with zero attached hydrogens (tertiary/aromatic N) is 1. The van der Waals surface area contributed by atoms with Crippen LogP contribution in [0.4, 0.5) is 0 Å². The number of phenols is 1. The molecule has 1 aromatic carbocycles. The quantitative estimate of drug-likeness (QED) is 0.803. The smallest absolute Gasteiger partial charge is 0.257 e. The van der Waals surface area contributed by atoms with Crippen molar-refractivity contribution in [2.24, 2.45) is 0 Å². The van der Waals surface area contributed by atoms with Crippen LogP contribution in [0, 0.1) is 6.92 Å². The minimum atomic E-state index is -0.215. The summed E-state index contributed by atoms with van der Waals surface area (Å²) in [6.45, 7) is 2.32. The van der Waals surface area contributed by atoms with Gasteiger partial charge in [-0.25, -0.2) is 0 Å². The highest BCUT2D eigenvalue weighted by atomic mass is 35.5. The predicted octanol–water partition coefficient (Wildman–Crippen LogP) is 2.01. The summed E-state index contributed by atoms with van der Waals surface area (Å²) in [4.78, 5) is 13.3. The first-order valence-corrected chi connectivity index (χ1v) is 5.20. The number of phenolic OH excluding ortho intramolecular Hbond substituents is 1. The maximum absolute atomic E-state index is 11.8. The van der Waals surface area contributed by atoms with Crippen molar-refractivity contribution >= 4 is 17.5 Å². The van der Waals surface area contributed by atoms with E-state index in [1.807, 2.05) is 6.92 Å². The molecule has 15 heavy (non-hydrogen) atoms. The number of rotatable bonds is 3. The van der Waals surface area contributed by atoms with E-state index in [0.717, 1.165) is 5.56 Å². The molecule has 4 heteroatoms. The van der Waals surface area contributed by atoms with E-state index in [9.17, 15) is 9.90 Å². The molecule has 0 fully saturated rings. The first-order valence-electron chi connectivity index (χ1n) is 4.67. The van der Waals surface area contributed by atoms with Gasteiger partial charge in [0.1, 0.15) is 5.75 Å². The Morgan fingerprint density at radius 1 is 1.53 bits per heavy atom. The molecule has 3 nitrogen and oxygen atoms in total. The van der Waals surface area contributed by atoms with Crippen LogP contribution < -0.4 is 0 Å². The van der Waals surface area contributed by atoms with Gasteiger partial charge in [0.05, 0.1) is 5.56 Å². The number of carbonyl (C=O) groups is 1. The van der Waals surface area contributed by atoms with Crippen LogP contribution in [0.3, 0.4) is 0 Å². The number of alkyl halides is 1. The Bertz CT molecular complexity index is 366. The molecule has 1 rings (SSSR count). The second-order valence-electron chi connectivity index (χ2n) is 3.44. The highest BCUT2D eigenvalue weighted by molar-refractivity contribution is 6.18. The number of amides is 1. The molecule has 0 aliphatic rings. The monoisotopic (exact) mass is 227 g/mol. The first kappa shape index (κ1) is 11.9. The fourth-order valence-electron chi connectivity index (χ4n) is 1.26. The van der Waals surface area contributed by atoms with Crippen LogP contribution in [-0.2, 0) is 0 Å². The molecule has 0 spiro atoms. The van der Waals surface area contributed by atoms with Gasteiger partial charge in [0.2, 0.25) is 0 Å². The van der Waals surface area contributed by atoms with E-state index in [0.29, 0.717) is 18.0 Å². The summed E-state index contributed by atoms with van der Waals surface area (Å²) < 4.78 is 0. The van der Waals surface area contributed by atoms with Gasteiger partial charge in [-0.05, 0) is 24.6 Å². The molecule has 0 atom stereocenters. The zero-order valence-electron chi connectivity index (χ0n) is 8.83. The van der Waals surface area contributed by atoms with E-state index >= 15 is 0 Å². The summed E-state index contributed by atoms with van der Waals surface area (Å²) in [5.41, 5.74) is 1.23. The highest BCUT2D eigenvalue weighted by Gasteiger charge is 2.14. The lowest BCUT2D eigenvalue weighted by molar-refractivity contribution is 0.0800. The van der Waals surface area contributed by atoms with Crippen LogP contribution in [-0.4, -0.2) is 35.4 Å². The number of aryl methyl sites for hydroxylation is 1. The first-order chi connectivity index (χ1) is 7.06. The van der Waals surface area contributed by atoms with Gasteiger partial charge in [-0.2, -0.15) is 0 Å². The normalized spacial score (nSPS) is 10.1. The van der Waals surface area contributed by atoms with Crippen molar-refractivity contribution in [2.45, 2.75) is 6.92 Å². The minimum absolute atomic E-state index is 0.0152. The van der Waals surface area contributed by atoms with Crippen molar-refractivity contribution < 1.29 is 9.90 Å². The van der Waals surface area contributed by atoms with Gasteiger partial charge in [-0.1, -0.05) is 6.07 Å². The number of halogens is 1. The van der Waals surface area contributed by atoms with Crippen LogP contribution >= 0.6 is 11.6 Å². The van der Waals surface area contributed by atoms with Crippen molar-refractivity contribution in [2.75, 3.05) is 19.5 Å². The second-order valence-corrected chi connectivity index (χ2v) is 3.81. The topological polar surface area (TPSA) is 40.5 Å². The molecule has 0 saturated carbocycles. The molecule has 0 bridgehead atoms. The summed E-state index contributed by atoms with van der Waals surface area (Å²) >= 11 is 5.54. The molecule has 0 aliphatic carbocycles. The molecule has 0 unspecified atom stereocenters.